The molecule has 29 heavy (non-hydrogen) atoms. The van der Waals surface area contributed by atoms with Crippen LogP contribution in [0, 0.1) is 5.92 Å². The summed E-state index contributed by atoms with van der Waals surface area (Å²) in [6.45, 7) is 2.45. The van der Waals surface area contributed by atoms with E-state index in [0.717, 1.165) is 42.6 Å². The zero-order valence-corrected chi connectivity index (χ0v) is 18.1. The molecule has 2 N–H and O–H groups in total. The second-order valence-electron chi connectivity index (χ2n) is 9.11. The van der Waals surface area contributed by atoms with Crippen molar-refractivity contribution in [2.75, 3.05) is 32.4 Å². The highest BCUT2D eigenvalue weighted by Crippen LogP contribution is 2.50. The lowest BCUT2D eigenvalue weighted by atomic mass is 9.75. The number of nitrogens with zero attached hydrogens (tertiary/aromatic N) is 4. The molecule has 0 bridgehead atoms. The molecule has 0 radical (unpaired) electrons. The lowest BCUT2D eigenvalue weighted by molar-refractivity contribution is -0.131. The first-order chi connectivity index (χ1) is 14.1. The molecule has 0 spiro atoms. The van der Waals surface area contributed by atoms with Gasteiger partial charge in [0.2, 0.25) is 5.91 Å². The summed E-state index contributed by atoms with van der Waals surface area (Å²) in [6, 6.07) is 0.503. The molecule has 5 rings (SSSR count). The van der Waals surface area contributed by atoms with Crippen molar-refractivity contribution in [1.82, 2.24) is 19.8 Å². The predicted molar refractivity (Wildman–Crippen MR) is 117 cm³/mol. The van der Waals surface area contributed by atoms with Crippen LogP contribution in [-0.2, 0) is 11.2 Å². The third kappa shape index (κ3) is 3.52. The van der Waals surface area contributed by atoms with Crippen LogP contribution in [0.5, 0.6) is 0 Å². The topological polar surface area (TPSA) is 75.4 Å². The van der Waals surface area contributed by atoms with Crippen molar-refractivity contribution in [3.8, 4) is 0 Å². The van der Waals surface area contributed by atoms with Gasteiger partial charge in [-0.3, -0.25) is 9.69 Å². The van der Waals surface area contributed by atoms with Gasteiger partial charge < -0.3 is 10.6 Å². The standard InChI is InChI=1S/C22H31N5OS/c1-26(12-18(28)27-9-2-3-10-27)15-6-4-5-14(11-15)16-7-8-17-19(16)20-21(23)24-13-25-22(20)29-17/h13-16H,2-12H2,1H3,(H2,23,24,25)/t14?,15-,16?/m0/s1. The summed E-state index contributed by atoms with van der Waals surface area (Å²) < 4.78 is 0. The van der Waals surface area contributed by atoms with Crippen LogP contribution in [0.4, 0.5) is 5.82 Å². The van der Waals surface area contributed by atoms with Crippen molar-refractivity contribution < 1.29 is 4.79 Å². The van der Waals surface area contributed by atoms with E-state index in [9.17, 15) is 4.79 Å². The van der Waals surface area contributed by atoms with E-state index in [2.05, 4.69) is 21.9 Å². The Hall–Kier alpha value is -1.73. The van der Waals surface area contributed by atoms with Gasteiger partial charge in [0.1, 0.15) is 17.0 Å². The molecule has 3 aliphatic rings. The number of hydrogen-bond acceptors (Lipinski definition) is 6. The maximum absolute atomic E-state index is 12.6. The van der Waals surface area contributed by atoms with Gasteiger partial charge in [-0.05, 0) is 69.4 Å². The molecule has 1 saturated carbocycles. The molecule has 1 saturated heterocycles. The number of rotatable bonds is 4. The molecule has 1 aliphatic heterocycles. The first-order valence-corrected chi connectivity index (χ1v) is 11.9. The summed E-state index contributed by atoms with van der Waals surface area (Å²) in [7, 11) is 2.15. The van der Waals surface area contributed by atoms with Crippen LogP contribution in [-0.4, -0.2) is 58.4 Å². The SMILES string of the molecule is CN(CC(=O)N1CCCC1)[C@H]1CCCC(C2CCc3sc4ncnc(N)c4c32)C1. The Labute approximate surface area is 176 Å². The molecular formula is C22H31N5OS. The summed E-state index contributed by atoms with van der Waals surface area (Å²) in [6.07, 6.45) is 11.2. The van der Waals surface area contributed by atoms with E-state index in [1.165, 1.54) is 42.5 Å². The highest BCUT2D eigenvalue weighted by atomic mass is 32.1. The third-order valence-corrected chi connectivity index (χ3v) is 8.58. The van der Waals surface area contributed by atoms with Crippen LogP contribution < -0.4 is 5.73 Å². The normalized spacial score (nSPS) is 27.1. The zero-order valence-electron chi connectivity index (χ0n) is 17.3. The minimum atomic E-state index is 0.309. The number of nitrogens with two attached hydrogens (primary N) is 1. The van der Waals surface area contributed by atoms with Crippen LogP contribution in [0.1, 0.15) is 61.3 Å². The van der Waals surface area contributed by atoms with E-state index in [-0.39, 0.29) is 0 Å². The summed E-state index contributed by atoms with van der Waals surface area (Å²) >= 11 is 1.81. The average Bonchev–Trinajstić information content (AvgIpc) is 3.45. The van der Waals surface area contributed by atoms with Gasteiger partial charge in [-0.25, -0.2) is 9.97 Å². The summed E-state index contributed by atoms with van der Waals surface area (Å²) in [5, 5.41) is 1.12. The molecule has 2 aliphatic carbocycles. The van der Waals surface area contributed by atoms with Gasteiger partial charge in [0.15, 0.2) is 0 Å². The van der Waals surface area contributed by atoms with Crippen molar-refractivity contribution in [3.63, 3.8) is 0 Å². The molecule has 3 heterocycles. The Bertz CT molecular complexity index is 906. The van der Waals surface area contributed by atoms with E-state index in [0.29, 0.717) is 36.1 Å². The van der Waals surface area contributed by atoms with Crippen molar-refractivity contribution in [2.24, 2.45) is 5.92 Å². The first kappa shape index (κ1) is 19.2. The zero-order chi connectivity index (χ0) is 20.0. The maximum Gasteiger partial charge on any atom is 0.236 e. The van der Waals surface area contributed by atoms with Gasteiger partial charge in [-0.2, -0.15) is 0 Å². The first-order valence-electron chi connectivity index (χ1n) is 11.1. The summed E-state index contributed by atoms with van der Waals surface area (Å²) in [4.78, 5) is 28.2. The molecule has 2 fully saturated rings. The monoisotopic (exact) mass is 413 g/mol. The fourth-order valence-electron chi connectivity index (χ4n) is 5.88. The van der Waals surface area contributed by atoms with E-state index >= 15 is 0 Å². The Morgan fingerprint density at radius 1 is 1.24 bits per heavy atom. The molecule has 2 aromatic heterocycles. The number of carbonyl (C=O) groups is 1. The van der Waals surface area contributed by atoms with Crippen LogP contribution >= 0.6 is 11.3 Å². The number of aryl methyl sites for hydroxylation is 1. The van der Waals surface area contributed by atoms with E-state index in [4.69, 9.17) is 5.73 Å². The summed E-state index contributed by atoms with van der Waals surface area (Å²) in [5.74, 6) is 2.18. The van der Waals surface area contributed by atoms with Crippen LogP contribution in [0.3, 0.4) is 0 Å². The maximum atomic E-state index is 12.6. The lowest BCUT2D eigenvalue weighted by Crippen LogP contribution is -2.44. The fourth-order valence-corrected chi connectivity index (χ4v) is 7.11. The van der Waals surface area contributed by atoms with Crippen molar-refractivity contribution in [2.45, 2.75) is 63.3 Å². The summed E-state index contributed by atoms with van der Waals surface area (Å²) in [5.41, 5.74) is 7.71. The molecule has 1 amide bonds. The van der Waals surface area contributed by atoms with Gasteiger partial charge in [-0.15, -0.1) is 11.3 Å². The molecule has 0 aromatic carbocycles. The Morgan fingerprint density at radius 3 is 2.90 bits per heavy atom. The number of hydrogen-bond donors (Lipinski definition) is 1. The Morgan fingerprint density at radius 2 is 2.07 bits per heavy atom. The molecule has 7 heteroatoms. The van der Waals surface area contributed by atoms with Gasteiger partial charge in [-0.1, -0.05) is 6.42 Å². The number of nitrogen functional groups attached to an aromatic ring is 1. The number of aromatic nitrogens is 2. The number of anilines is 1. The second-order valence-corrected chi connectivity index (χ2v) is 10.2. The number of thiophene rings is 1. The molecule has 156 valence electrons. The smallest absolute Gasteiger partial charge is 0.236 e. The lowest BCUT2D eigenvalue weighted by Gasteiger charge is -2.38. The molecule has 6 nitrogen and oxygen atoms in total. The number of fused-ring (bicyclic) bond motifs is 3. The highest BCUT2D eigenvalue weighted by molar-refractivity contribution is 7.19. The van der Waals surface area contributed by atoms with Crippen molar-refractivity contribution in [1.29, 1.82) is 0 Å². The van der Waals surface area contributed by atoms with Gasteiger partial charge >= 0.3 is 0 Å². The number of likely N-dealkylation sites (N-methyl/N-ethyl adjacent to an activating group) is 1. The van der Waals surface area contributed by atoms with Crippen molar-refractivity contribution >= 4 is 33.3 Å². The van der Waals surface area contributed by atoms with Gasteiger partial charge in [0.05, 0.1) is 11.9 Å². The number of likely N-dealkylation sites (tertiary alicyclic amines) is 1. The van der Waals surface area contributed by atoms with Gasteiger partial charge in [0.25, 0.3) is 0 Å². The fraction of sp³-hybridized carbons (Fsp3) is 0.682. The molecular weight excluding hydrogens is 382 g/mol. The second kappa shape index (κ2) is 7.84. The Balaban J connectivity index is 1.31. The Kier molecular flexibility index (Phi) is 5.20. The van der Waals surface area contributed by atoms with Crippen LogP contribution in [0.25, 0.3) is 10.2 Å². The molecule has 3 atom stereocenters. The quantitative estimate of drug-likeness (QED) is 0.831. The average molecular weight is 414 g/mol. The van der Waals surface area contributed by atoms with E-state index in [1.54, 1.807) is 17.7 Å². The van der Waals surface area contributed by atoms with Crippen molar-refractivity contribution in [3.05, 3.63) is 16.8 Å². The predicted octanol–water partition coefficient (Wildman–Crippen LogP) is 3.42. The van der Waals surface area contributed by atoms with Crippen LogP contribution in [0.2, 0.25) is 0 Å². The van der Waals surface area contributed by atoms with E-state index in [1.807, 2.05) is 4.90 Å². The number of amides is 1. The van der Waals surface area contributed by atoms with E-state index < -0.39 is 0 Å². The largest absolute Gasteiger partial charge is 0.383 e. The molecule has 2 aromatic rings. The minimum Gasteiger partial charge on any atom is -0.383 e. The van der Waals surface area contributed by atoms with Gasteiger partial charge in [0, 0.05) is 24.0 Å². The third-order valence-electron chi connectivity index (χ3n) is 7.41. The van der Waals surface area contributed by atoms with Crippen LogP contribution in [0.15, 0.2) is 6.33 Å². The number of carbonyl (C=O) groups excluding carboxylic acids is 1. The molecule has 2 unspecified atom stereocenters. The highest BCUT2D eigenvalue weighted by Gasteiger charge is 2.37. The minimum absolute atomic E-state index is 0.309.